The maximum atomic E-state index is 12.3. The van der Waals surface area contributed by atoms with Gasteiger partial charge >= 0.3 is 0 Å². The molecule has 122 valence electrons. The number of nitro groups is 1. The molecule has 1 aromatic heterocycles. The van der Waals surface area contributed by atoms with Crippen molar-refractivity contribution in [3.8, 4) is 0 Å². The van der Waals surface area contributed by atoms with Crippen molar-refractivity contribution in [2.45, 2.75) is 34.1 Å². The third kappa shape index (κ3) is 4.32. The quantitative estimate of drug-likeness (QED) is 0.680. The van der Waals surface area contributed by atoms with E-state index < -0.39 is 10.8 Å². The number of nitrogens with zero attached hydrogens (tertiary/aromatic N) is 3. The highest BCUT2D eigenvalue weighted by atomic mass is 32.1. The minimum absolute atomic E-state index is 0.0163. The molecule has 0 radical (unpaired) electrons. The summed E-state index contributed by atoms with van der Waals surface area (Å²) in [5, 5.41) is 22.9. The normalized spacial score (nSPS) is 11.3. The van der Waals surface area contributed by atoms with Crippen LogP contribution >= 0.6 is 11.3 Å². The predicted octanol–water partition coefficient (Wildman–Crippen LogP) is 3.60. The Balaban J connectivity index is 2.21. The van der Waals surface area contributed by atoms with E-state index in [2.05, 4.69) is 36.3 Å². The third-order valence-corrected chi connectivity index (χ3v) is 3.87. The molecular weight excluding hydrogens is 316 g/mol. The van der Waals surface area contributed by atoms with E-state index in [1.807, 2.05) is 0 Å². The molecular formula is C15H18N4O3S. The smallest absolute Gasteiger partial charge is 0.285 e. The molecule has 2 rings (SSSR count). The fourth-order valence-electron chi connectivity index (χ4n) is 2.08. The molecule has 0 fully saturated rings. The standard InChI is InChI=1S/C15H18N4O3S/c1-9-6-5-7-10(12(9)19(21)22)13(20)16-14-18-17-11(23-14)8-15(2,3)4/h5-7H,8H2,1-4H3,(H,16,18,20). The minimum atomic E-state index is -0.557. The van der Waals surface area contributed by atoms with E-state index >= 15 is 0 Å². The zero-order valence-corrected chi connectivity index (χ0v) is 14.2. The second kappa shape index (κ2) is 6.41. The largest absolute Gasteiger partial charge is 0.296 e. The highest BCUT2D eigenvalue weighted by Gasteiger charge is 2.23. The van der Waals surface area contributed by atoms with E-state index in [4.69, 9.17) is 0 Å². The lowest BCUT2D eigenvalue weighted by molar-refractivity contribution is -0.385. The number of carbonyl (C=O) groups is 1. The van der Waals surface area contributed by atoms with Crippen LogP contribution in [0.4, 0.5) is 10.8 Å². The minimum Gasteiger partial charge on any atom is -0.296 e. The van der Waals surface area contributed by atoms with Gasteiger partial charge in [-0.2, -0.15) is 0 Å². The third-order valence-electron chi connectivity index (χ3n) is 3.03. The van der Waals surface area contributed by atoms with Crippen molar-refractivity contribution in [3.05, 3.63) is 44.4 Å². The monoisotopic (exact) mass is 334 g/mol. The number of aromatic nitrogens is 2. The molecule has 23 heavy (non-hydrogen) atoms. The Morgan fingerprint density at radius 2 is 2.04 bits per heavy atom. The van der Waals surface area contributed by atoms with Crippen molar-refractivity contribution in [3.63, 3.8) is 0 Å². The lowest BCUT2D eigenvalue weighted by Crippen LogP contribution is -2.14. The molecule has 0 atom stereocenters. The number of anilines is 1. The van der Waals surface area contributed by atoms with Gasteiger partial charge in [-0.25, -0.2) is 0 Å². The highest BCUT2D eigenvalue weighted by Crippen LogP contribution is 2.27. The van der Waals surface area contributed by atoms with Gasteiger partial charge in [0.2, 0.25) is 5.13 Å². The molecule has 0 spiro atoms. The summed E-state index contributed by atoms with van der Waals surface area (Å²) >= 11 is 1.28. The van der Waals surface area contributed by atoms with Gasteiger partial charge in [0, 0.05) is 12.0 Å². The van der Waals surface area contributed by atoms with Gasteiger partial charge in [0.15, 0.2) is 0 Å². The van der Waals surface area contributed by atoms with Crippen LogP contribution in [0, 0.1) is 22.5 Å². The Morgan fingerprint density at radius 1 is 1.35 bits per heavy atom. The average Bonchev–Trinajstić information content (AvgIpc) is 2.82. The van der Waals surface area contributed by atoms with Gasteiger partial charge in [0.05, 0.1) is 4.92 Å². The average molecular weight is 334 g/mol. The van der Waals surface area contributed by atoms with Crippen molar-refractivity contribution in [2.24, 2.45) is 5.41 Å². The highest BCUT2D eigenvalue weighted by molar-refractivity contribution is 7.15. The molecule has 0 aliphatic heterocycles. The van der Waals surface area contributed by atoms with Gasteiger partial charge in [-0.1, -0.05) is 44.2 Å². The summed E-state index contributed by atoms with van der Waals surface area (Å²) < 4.78 is 0. The predicted molar refractivity (Wildman–Crippen MR) is 88.9 cm³/mol. The first-order valence-corrected chi connectivity index (χ1v) is 7.87. The first kappa shape index (κ1) is 17.0. The fourth-order valence-corrected chi connectivity index (χ4v) is 3.11. The van der Waals surface area contributed by atoms with E-state index in [1.54, 1.807) is 19.1 Å². The topological polar surface area (TPSA) is 98.0 Å². The lowest BCUT2D eigenvalue weighted by Gasteiger charge is -2.14. The number of benzene rings is 1. The van der Waals surface area contributed by atoms with Gasteiger partial charge < -0.3 is 0 Å². The van der Waals surface area contributed by atoms with E-state index in [1.165, 1.54) is 17.4 Å². The summed E-state index contributed by atoms with van der Waals surface area (Å²) in [7, 11) is 0. The molecule has 1 N–H and O–H groups in total. The van der Waals surface area contributed by atoms with Crippen molar-refractivity contribution >= 4 is 28.1 Å². The maximum absolute atomic E-state index is 12.3. The van der Waals surface area contributed by atoms with Crippen molar-refractivity contribution in [1.29, 1.82) is 0 Å². The van der Waals surface area contributed by atoms with Crippen LogP contribution in [0.3, 0.4) is 0 Å². The molecule has 1 aromatic carbocycles. The molecule has 1 amide bonds. The molecule has 0 saturated heterocycles. The summed E-state index contributed by atoms with van der Waals surface area (Å²) in [5.74, 6) is -0.557. The number of para-hydroxylation sites is 1. The van der Waals surface area contributed by atoms with Crippen LogP contribution in [0.2, 0.25) is 0 Å². The zero-order chi connectivity index (χ0) is 17.2. The number of nitrogens with one attached hydrogen (secondary N) is 1. The van der Waals surface area contributed by atoms with Crippen LogP contribution < -0.4 is 5.32 Å². The van der Waals surface area contributed by atoms with Crippen molar-refractivity contribution in [2.75, 3.05) is 5.32 Å². The van der Waals surface area contributed by atoms with Gasteiger partial charge in [0.25, 0.3) is 11.6 Å². The maximum Gasteiger partial charge on any atom is 0.285 e. The van der Waals surface area contributed by atoms with Crippen LogP contribution in [0.25, 0.3) is 0 Å². The first-order valence-electron chi connectivity index (χ1n) is 7.05. The Kier molecular flexibility index (Phi) is 4.74. The molecule has 0 aliphatic carbocycles. The van der Waals surface area contributed by atoms with Gasteiger partial charge in [0.1, 0.15) is 10.6 Å². The second-order valence-electron chi connectivity index (χ2n) is 6.42. The first-order chi connectivity index (χ1) is 10.7. The molecule has 8 heteroatoms. The van der Waals surface area contributed by atoms with Crippen molar-refractivity contribution < 1.29 is 9.72 Å². The Morgan fingerprint density at radius 3 is 2.65 bits per heavy atom. The summed E-state index contributed by atoms with van der Waals surface area (Å²) in [4.78, 5) is 22.9. The van der Waals surface area contributed by atoms with Crippen LogP contribution in [-0.2, 0) is 6.42 Å². The van der Waals surface area contributed by atoms with Crippen molar-refractivity contribution in [1.82, 2.24) is 10.2 Å². The summed E-state index contributed by atoms with van der Waals surface area (Å²) in [5.41, 5.74) is 0.330. The van der Waals surface area contributed by atoms with E-state index in [-0.39, 0.29) is 16.7 Å². The molecule has 0 saturated carbocycles. The molecule has 0 bridgehead atoms. The number of nitro benzene ring substituents is 1. The summed E-state index contributed by atoms with van der Waals surface area (Å²) in [6.45, 7) is 7.86. The molecule has 2 aromatic rings. The Hall–Kier alpha value is -2.35. The van der Waals surface area contributed by atoms with E-state index in [0.717, 1.165) is 11.4 Å². The molecule has 7 nitrogen and oxygen atoms in total. The number of hydrogen-bond acceptors (Lipinski definition) is 6. The summed E-state index contributed by atoms with van der Waals surface area (Å²) in [6.07, 6.45) is 0.741. The van der Waals surface area contributed by atoms with Crippen LogP contribution in [0.15, 0.2) is 18.2 Å². The van der Waals surface area contributed by atoms with Gasteiger partial charge in [-0.3, -0.25) is 20.2 Å². The van der Waals surface area contributed by atoms with Crippen LogP contribution in [0.5, 0.6) is 0 Å². The Labute approximate surface area is 137 Å². The Bertz CT molecular complexity index is 749. The molecule has 0 unspecified atom stereocenters. The second-order valence-corrected chi connectivity index (χ2v) is 7.48. The van der Waals surface area contributed by atoms with E-state index in [9.17, 15) is 14.9 Å². The number of hydrogen-bond donors (Lipinski definition) is 1. The van der Waals surface area contributed by atoms with Crippen LogP contribution in [-0.4, -0.2) is 21.0 Å². The lowest BCUT2D eigenvalue weighted by atomic mass is 9.93. The summed E-state index contributed by atoms with van der Waals surface area (Å²) in [6, 6.07) is 4.64. The number of amides is 1. The van der Waals surface area contributed by atoms with E-state index in [0.29, 0.717) is 10.7 Å². The number of carbonyl (C=O) groups excluding carboxylic acids is 1. The fraction of sp³-hybridized carbons (Fsp3) is 0.400. The van der Waals surface area contributed by atoms with Crippen LogP contribution in [0.1, 0.15) is 41.7 Å². The molecule has 1 heterocycles. The number of aryl methyl sites for hydroxylation is 1. The zero-order valence-electron chi connectivity index (χ0n) is 13.4. The van der Waals surface area contributed by atoms with Gasteiger partial charge in [-0.05, 0) is 18.4 Å². The molecule has 0 aliphatic rings. The SMILES string of the molecule is Cc1cccc(C(=O)Nc2nnc(CC(C)(C)C)s2)c1[N+](=O)[O-]. The number of rotatable bonds is 4. The van der Waals surface area contributed by atoms with Gasteiger partial charge in [-0.15, -0.1) is 10.2 Å².